The minimum atomic E-state index is 0.126. The Morgan fingerprint density at radius 3 is 2.56 bits per heavy atom. The second-order valence-electron chi connectivity index (χ2n) is 4.26. The van der Waals surface area contributed by atoms with E-state index < -0.39 is 0 Å². The van der Waals surface area contributed by atoms with E-state index in [1.54, 1.807) is 7.11 Å². The van der Waals surface area contributed by atoms with E-state index in [2.05, 4.69) is 24.5 Å². The van der Waals surface area contributed by atoms with Crippen molar-refractivity contribution in [3.8, 4) is 0 Å². The topological polar surface area (TPSA) is 50.4 Å². The molecule has 2 unspecified atom stereocenters. The van der Waals surface area contributed by atoms with Crippen LogP contribution >= 0.6 is 0 Å². The van der Waals surface area contributed by atoms with Gasteiger partial charge in [0.15, 0.2) is 0 Å². The molecule has 0 saturated carbocycles. The van der Waals surface area contributed by atoms with Crippen molar-refractivity contribution in [1.82, 2.24) is 10.6 Å². The van der Waals surface area contributed by atoms with E-state index in [0.29, 0.717) is 12.5 Å². The molecule has 0 saturated heterocycles. The third-order valence-corrected chi connectivity index (χ3v) is 2.62. The van der Waals surface area contributed by atoms with Crippen molar-refractivity contribution in [2.24, 2.45) is 0 Å². The summed E-state index contributed by atoms with van der Waals surface area (Å²) in [5, 5.41) is 6.24. The average molecular weight is 230 g/mol. The van der Waals surface area contributed by atoms with Gasteiger partial charge in [-0.3, -0.25) is 4.79 Å². The van der Waals surface area contributed by atoms with Crippen LogP contribution in [0.25, 0.3) is 0 Å². The van der Waals surface area contributed by atoms with Gasteiger partial charge in [0.2, 0.25) is 5.91 Å². The van der Waals surface area contributed by atoms with Crippen molar-refractivity contribution >= 4 is 5.91 Å². The summed E-state index contributed by atoms with van der Waals surface area (Å²) in [7, 11) is 1.70. The predicted octanol–water partition coefficient (Wildman–Crippen LogP) is 1.31. The van der Waals surface area contributed by atoms with E-state index in [9.17, 15) is 4.79 Å². The van der Waals surface area contributed by atoms with Crippen LogP contribution in [-0.2, 0) is 9.53 Å². The summed E-state index contributed by atoms with van der Waals surface area (Å²) in [6.07, 6.45) is 2.49. The summed E-state index contributed by atoms with van der Waals surface area (Å²) < 4.78 is 4.99. The van der Waals surface area contributed by atoms with Crippen molar-refractivity contribution in [3.63, 3.8) is 0 Å². The first kappa shape index (κ1) is 15.4. The lowest BCUT2D eigenvalue weighted by Gasteiger charge is -2.14. The maximum absolute atomic E-state index is 11.4. The maximum Gasteiger partial charge on any atom is 0.221 e. The van der Waals surface area contributed by atoms with Crippen LogP contribution in [0.15, 0.2) is 0 Å². The molecule has 16 heavy (non-hydrogen) atoms. The highest BCUT2D eigenvalue weighted by atomic mass is 16.5. The maximum atomic E-state index is 11.4. The van der Waals surface area contributed by atoms with Gasteiger partial charge >= 0.3 is 0 Å². The quantitative estimate of drug-likeness (QED) is 0.628. The zero-order valence-corrected chi connectivity index (χ0v) is 11.0. The number of carbonyl (C=O) groups is 1. The van der Waals surface area contributed by atoms with E-state index in [4.69, 9.17) is 4.74 Å². The van der Waals surface area contributed by atoms with Crippen molar-refractivity contribution in [3.05, 3.63) is 0 Å². The van der Waals surface area contributed by atoms with Gasteiger partial charge in [-0.2, -0.15) is 0 Å². The molecular weight excluding hydrogens is 204 g/mol. The number of methoxy groups -OCH3 is 1. The van der Waals surface area contributed by atoms with Crippen LogP contribution in [-0.4, -0.2) is 38.3 Å². The number of carbonyl (C=O) groups excluding carboxylic acids is 1. The van der Waals surface area contributed by atoms with Crippen LogP contribution in [0.1, 0.15) is 40.0 Å². The highest BCUT2D eigenvalue weighted by Crippen LogP contribution is 1.92. The summed E-state index contributed by atoms with van der Waals surface area (Å²) in [6, 6.07) is 0.676. The molecule has 0 aliphatic rings. The molecule has 0 aliphatic heterocycles. The molecule has 0 aliphatic carbocycles. The largest absolute Gasteiger partial charge is 0.385 e. The third kappa shape index (κ3) is 8.68. The first-order valence-electron chi connectivity index (χ1n) is 6.11. The second kappa shape index (κ2) is 9.60. The normalized spacial score (nSPS) is 14.5. The van der Waals surface area contributed by atoms with Gasteiger partial charge in [-0.05, 0) is 26.7 Å². The van der Waals surface area contributed by atoms with Crippen LogP contribution in [0, 0.1) is 0 Å². The second-order valence-corrected chi connectivity index (χ2v) is 4.26. The Morgan fingerprint density at radius 2 is 2.00 bits per heavy atom. The fourth-order valence-electron chi connectivity index (χ4n) is 1.28. The van der Waals surface area contributed by atoms with Gasteiger partial charge in [-0.1, -0.05) is 6.92 Å². The Kier molecular flexibility index (Phi) is 9.24. The Bertz CT molecular complexity index is 186. The van der Waals surface area contributed by atoms with Crippen LogP contribution in [0.4, 0.5) is 0 Å². The van der Waals surface area contributed by atoms with Crippen molar-refractivity contribution in [1.29, 1.82) is 0 Å². The van der Waals surface area contributed by atoms with E-state index in [-0.39, 0.29) is 11.9 Å². The van der Waals surface area contributed by atoms with E-state index in [0.717, 1.165) is 26.0 Å². The molecule has 4 nitrogen and oxygen atoms in total. The summed E-state index contributed by atoms with van der Waals surface area (Å²) in [5.41, 5.74) is 0. The molecule has 4 heteroatoms. The molecule has 0 radical (unpaired) electrons. The molecule has 1 amide bonds. The van der Waals surface area contributed by atoms with Gasteiger partial charge in [-0.15, -0.1) is 0 Å². The van der Waals surface area contributed by atoms with Gasteiger partial charge < -0.3 is 15.4 Å². The molecule has 0 aromatic carbocycles. The number of nitrogens with one attached hydrogen (secondary N) is 2. The monoisotopic (exact) mass is 230 g/mol. The van der Waals surface area contributed by atoms with Crippen molar-refractivity contribution in [2.75, 3.05) is 20.3 Å². The number of amides is 1. The Labute approximate surface area is 99.1 Å². The fourth-order valence-corrected chi connectivity index (χ4v) is 1.28. The minimum Gasteiger partial charge on any atom is -0.385 e. The smallest absolute Gasteiger partial charge is 0.221 e. The minimum absolute atomic E-state index is 0.126. The van der Waals surface area contributed by atoms with Crippen molar-refractivity contribution < 1.29 is 9.53 Å². The Morgan fingerprint density at radius 1 is 1.31 bits per heavy atom. The summed E-state index contributed by atoms with van der Waals surface area (Å²) in [6.45, 7) is 7.68. The highest BCUT2D eigenvalue weighted by molar-refractivity contribution is 5.76. The Hall–Kier alpha value is -0.610. The zero-order chi connectivity index (χ0) is 12.4. The van der Waals surface area contributed by atoms with Gasteiger partial charge in [-0.25, -0.2) is 0 Å². The SMILES string of the molecule is CCC(C)NC(=O)CCNC(C)CCOC. The van der Waals surface area contributed by atoms with E-state index >= 15 is 0 Å². The third-order valence-electron chi connectivity index (χ3n) is 2.62. The van der Waals surface area contributed by atoms with Crippen LogP contribution in [0.2, 0.25) is 0 Å². The standard InChI is InChI=1S/C12H26N2O2/c1-5-10(2)14-12(15)6-8-13-11(3)7-9-16-4/h10-11,13H,5-9H2,1-4H3,(H,14,15). The van der Waals surface area contributed by atoms with Crippen molar-refractivity contribution in [2.45, 2.75) is 52.1 Å². The first-order chi connectivity index (χ1) is 7.60. The molecule has 0 rings (SSSR count). The molecule has 2 N–H and O–H groups in total. The molecule has 0 spiro atoms. The van der Waals surface area contributed by atoms with Crippen LogP contribution in [0.3, 0.4) is 0 Å². The highest BCUT2D eigenvalue weighted by Gasteiger charge is 2.06. The van der Waals surface area contributed by atoms with Gasteiger partial charge in [0.05, 0.1) is 0 Å². The van der Waals surface area contributed by atoms with Gasteiger partial charge in [0.25, 0.3) is 0 Å². The molecule has 0 heterocycles. The van der Waals surface area contributed by atoms with Crippen LogP contribution in [0.5, 0.6) is 0 Å². The zero-order valence-electron chi connectivity index (χ0n) is 11.0. The molecule has 96 valence electrons. The average Bonchev–Trinajstić information content (AvgIpc) is 2.26. The van der Waals surface area contributed by atoms with Crippen LogP contribution < -0.4 is 10.6 Å². The Balaban J connectivity index is 3.46. The van der Waals surface area contributed by atoms with Gasteiger partial charge in [0.1, 0.15) is 0 Å². The number of hydrogen-bond donors (Lipinski definition) is 2. The molecule has 0 bridgehead atoms. The predicted molar refractivity (Wildman–Crippen MR) is 66.5 cm³/mol. The summed E-state index contributed by atoms with van der Waals surface area (Å²) in [5.74, 6) is 0.126. The van der Waals surface area contributed by atoms with E-state index in [1.165, 1.54) is 0 Å². The lowest BCUT2D eigenvalue weighted by Crippen LogP contribution is -2.36. The molecule has 0 aromatic rings. The summed E-state index contributed by atoms with van der Waals surface area (Å²) in [4.78, 5) is 11.4. The van der Waals surface area contributed by atoms with Gasteiger partial charge in [0, 0.05) is 38.8 Å². The summed E-state index contributed by atoms with van der Waals surface area (Å²) >= 11 is 0. The number of ether oxygens (including phenoxy) is 1. The molecular formula is C12H26N2O2. The lowest BCUT2D eigenvalue weighted by molar-refractivity contribution is -0.121. The number of rotatable bonds is 9. The van der Waals surface area contributed by atoms with E-state index in [1.807, 2.05) is 6.92 Å². The molecule has 0 aromatic heterocycles. The fraction of sp³-hybridized carbons (Fsp3) is 0.917. The lowest BCUT2D eigenvalue weighted by atomic mass is 10.2. The first-order valence-corrected chi connectivity index (χ1v) is 6.11. The number of hydrogen-bond acceptors (Lipinski definition) is 3. The molecule has 2 atom stereocenters. The molecule has 0 fully saturated rings.